The van der Waals surface area contributed by atoms with Gasteiger partial charge >= 0.3 is 6.36 Å². The smallest absolute Gasteiger partial charge is 0.406 e. The van der Waals surface area contributed by atoms with Crippen molar-refractivity contribution < 1.29 is 22.7 Å². The number of nitrogens with one attached hydrogen (secondary N) is 1. The number of aromatic nitrogens is 2. The number of anilines is 2. The van der Waals surface area contributed by atoms with E-state index in [1.54, 1.807) is 31.5 Å². The zero-order chi connectivity index (χ0) is 22.7. The van der Waals surface area contributed by atoms with Crippen LogP contribution in [0, 0.1) is 6.92 Å². The Balaban J connectivity index is 1.58. The van der Waals surface area contributed by atoms with Crippen LogP contribution in [0.25, 0.3) is 11.1 Å². The summed E-state index contributed by atoms with van der Waals surface area (Å²) in [5, 5.41) is 2.70. The van der Waals surface area contributed by atoms with E-state index in [4.69, 9.17) is 0 Å². The number of carbonyl (C=O) groups is 1. The molecular weight excluding hydrogens is 421 g/mol. The average molecular weight is 442 g/mol. The first-order valence-electron chi connectivity index (χ1n) is 10.1. The van der Waals surface area contributed by atoms with Crippen molar-refractivity contribution in [2.24, 2.45) is 0 Å². The summed E-state index contributed by atoms with van der Waals surface area (Å²) < 4.78 is 40.8. The molecule has 1 amide bonds. The van der Waals surface area contributed by atoms with Crippen molar-refractivity contribution >= 4 is 17.3 Å². The van der Waals surface area contributed by atoms with Gasteiger partial charge in [0.25, 0.3) is 5.91 Å². The van der Waals surface area contributed by atoms with E-state index >= 15 is 0 Å². The minimum atomic E-state index is -4.77. The molecule has 0 saturated carbocycles. The number of carbonyl (C=O) groups excluding carboxylic acids is 1. The van der Waals surface area contributed by atoms with Crippen molar-refractivity contribution in [3.63, 3.8) is 0 Å². The predicted molar refractivity (Wildman–Crippen MR) is 115 cm³/mol. The van der Waals surface area contributed by atoms with Crippen LogP contribution in [-0.2, 0) is 0 Å². The molecule has 1 aliphatic heterocycles. The lowest BCUT2D eigenvalue weighted by Gasteiger charge is -2.22. The van der Waals surface area contributed by atoms with E-state index in [1.165, 1.54) is 12.1 Å². The van der Waals surface area contributed by atoms with Crippen LogP contribution in [0.15, 0.2) is 54.9 Å². The van der Waals surface area contributed by atoms with E-state index in [1.807, 2.05) is 6.07 Å². The van der Waals surface area contributed by atoms with Crippen LogP contribution in [0.2, 0.25) is 0 Å². The van der Waals surface area contributed by atoms with Crippen molar-refractivity contribution in [2.75, 3.05) is 23.3 Å². The number of aryl methyl sites for hydroxylation is 1. The van der Waals surface area contributed by atoms with E-state index < -0.39 is 6.36 Å². The maximum absolute atomic E-state index is 12.8. The third kappa shape index (κ3) is 5.16. The number of nitrogens with zero attached hydrogens (tertiary/aromatic N) is 3. The summed E-state index contributed by atoms with van der Waals surface area (Å²) in [6.45, 7) is 3.69. The molecule has 0 unspecified atom stereocenters. The van der Waals surface area contributed by atoms with Gasteiger partial charge in [0.05, 0.1) is 0 Å². The topological polar surface area (TPSA) is 67.3 Å². The van der Waals surface area contributed by atoms with Crippen LogP contribution < -0.4 is 15.0 Å². The van der Waals surface area contributed by atoms with Crippen molar-refractivity contribution in [2.45, 2.75) is 26.1 Å². The van der Waals surface area contributed by atoms with Gasteiger partial charge in [0.2, 0.25) is 0 Å². The fraction of sp³-hybridized carbons (Fsp3) is 0.261. The largest absolute Gasteiger partial charge is 0.573 e. The molecule has 0 bridgehead atoms. The number of benzene rings is 2. The second-order valence-corrected chi connectivity index (χ2v) is 7.47. The highest BCUT2D eigenvalue weighted by molar-refractivity contribution is 6.05. The SMILES string of the molecule is Cc1ncc(-c2cc(C(=O)Nc3ccc(OC(F)(F)F)cc3)ccc2N2CCCC2)cn1. The summed E-state index contributed by atoms with van der Waals surface area (Å²) in [7, 11) is 0. The van der Waals surface area contributed by atoms with Gasteiger partial charge in [-0.15, -0.1) is 13.2 Å². The average Bonchev–Trinajstić information content (AvgIpc) is 3.29. The van der Waals surface area contributed by atoms with E-state index in [0.717, 1.165) is 54.9 Å². The third-order valence-electron chi connectivity index (χ3n) is 5.14. The molecule has 9 heteroatoms. The van der Waals surface area contributed by atoms with E-state index in [0.29, 0.717) is 17.1 Å². The lowest BCUT2D eigenvalue weighted by Crippen LogP contribution is -2.19. The monoisotopic (exact) mass is 442 g/mol. The van der Waals surface area contributed by atoms with Gasteiger partial charge in [-0.05, 0) is 62.2 Å². The Hall–Kier alpha value is -3.62. The maximum atomic E-state index is 12.8. The first-order valence-corrected chi connectivity index (χ1v) is 10.1. The van der Waals surface area contributed by atoms with Crippen LogP contribution in [0.4, 0.5) is 24.5 Å². The van der Waals surface area contributed by atoms with E-state index in [9.17, 15) is 18.0 Å². The minimum absolute atomic E-state index is 0.355. The molecule has 1 saturated heterocycles. The molecule has 1 aromatic heterocycles. The Morgan fingerprint density at radius 2 is 1.69 bits per heavy atom. The molecule has 0 atom stereocenters. The van der Waals surface area contributed by atoms with Gasteiger partial charge in [-0.2, -0.15) is 0 Å². The van der Waals surface area contributed by atoms with Gasteiger partial charge in [0.15, 0.2) is 0 Å². The maximum Gasteiger partial charge on any atom is 0.573 e. The molecule has 2 aromatic carbocycles. The van der Waals surface area contributed by atoms with E-state index in [-0.39, 0.29) is 11.7 Å². The fourth-order valence-electron chi connectivity index (χ4n) is 3.62. The van der Waals surface area contributed by atoms with Crippen LogP contribution in [-0.4, -0.2) is 35.3 Å². The molecule has 0 spiro atoms. The quantitative estimate of drug-likeness (QED) is 0.588. The van der Waals surface area contributed by atoms with Crippen LogP contribution in [0.5, 0.6) is 5.75 Å². The molecule has 0 aliphatic carbocycles. The second-order valence-electron chi connectivity index (χ2n) is 7.47. The van der Waals surface area contributed by atoms with E-state index in [2.05, 4.69) is 24.9 Å². The van der Waals surface area contributed by atoms with Crippen molar-refractivity contribution in [1.82, 2.24) is 9.97 Å². The summed E-state index contributed by atoms with van der Waals surface area (Å²) in [6.07, 6.45) is 0.925. The van der Waals surface area contributed by atoms with Gasteiger partial charge < -0.3 is 15.0 Å². The van der Waals surface area contributed by atoms with Crippen molar-refractivity contribution in [3.05, 3.63) is 66.2 Å². The van der Waals surface area contributed by atoms with Gasteiger partial charge in [-0.1, -0.05) is 0 Å². The van der Waals surface area contributed by atoms with Gasteiger partial charge in [-0.25, -0.2) is 9.97 Å². The van der Waals surface area contributed by atoms with Crippen molar-refractivity contribution in [1.29, 1.82) is 0 Å². The molecule has 6 nitrogen and oxygen atoms in total. The number of alkyl halides is 3. The number of amides is 1. The summed E-state index contributed by atoms with van der Waals surface area (Å²) >= 11 is 0. The zero-order valence-corrected chi connectivity index (χ0v) is 17.3. The van der Waals surface area contributed by atoms with Gasteiger partial charge in [0.1, 0.15) is 11.6 Å². The summed E-state index contributed by atoms with van der Waals surface area (Å²) in [5.74, 6) is -0.0767. The molecule has 1 N–H and O–H groups in total. The van der Waals surface area contributed by atoms with Crippen molar-refractivity contribution in [3.8, 4) is 16.9 Å². The second kappa shape index (κ2) is 8.86. The Kier molecular flexibility index (Phi) is 5.98. The fourth-order valence-corrected chi connectivity index (χ4v) is 3.62. The standard InChI is InChI=1S/C23H21F3N4O2/c1-15-27-13-17(14-28-15)20-12-16(4-9-21(20)30-10-2-3-11-30)22(31)29-18-5-7-19(8-6-18)32-23(24,25)26/h4-9,12-14H,2-3,10-11H2,1H3,(H,29,31). The van der Waals surface area contributed by atoms with Crippen LogP contribution in [0.1, 0.15) is 29.0 Å². The molecule has 1 fully saturated rings. The summed E-state index contributed by atoms with van der Waals surface area (Å²) in [6, 6.07) is 10.4. The molecule has 166 valence electrons. The molecule has 4 rings (SSSR count). The molecular formula is C23H21F3N4O2. The first-order chi connectivity index (χ1) is 15.3. The number of hydrogen-bond donors (Lipinski definition) is 1. The van der Waals surface area contributed by atoms with Gasteiger partial charge in [0, 0.05) is 53.5 Å². The van der Waals surface area contributed by atoms with Gasteiger partial charge in [-0.3, -0.25) is 4.79 Å². The molecule has 32 heavy (non-hydrogen) atoms. The Morgan fingerprint density at radius 3 is 2.31 bits per heavy atom. The number of halogens is 3. The third-order valence-corrected chi connectivity index (χ3v) is 5.14. The minimum Gasteiger partial charge on any atom is -0.406 e. The first kappa shape index (κ1) is 21.6. The predicted octanol–water partition coefficient (Wildman–Crippen LogP) is 5.20. The highest BCUT2D eigenvalue weighted by Gasteiger charge is 2.31. The Morgan fingerprint density at radius 1 is 1.03 bits per heavy atom. The number of hydrogen-bond acceptors (Lipinski definition) is 5. The lowest BCUT2D eigenvalue weighted by molar-refractivity contribution is -0.274. The summed E-state index contributed by atoms with van der Waals surface area (Å²) in [4.78, 5) is 23.7. The normalized spacial score (nSPS) is 13.8. The summed E-state index contributed by atoms with van der Waals surface area (Å²) in [5.41, 5.74) is 3.45. The van der Waals surface area contributed by atoms with Crippen LogP contribution in [0.3, 0.4) is 0 Å². The molecule has 3 aromatic rings. The molecule has 0 radical (unpaired) electrons. The highest BCUT2D eigenvalue weighted by Crippen LogP contribution is 2.33. The highest BCUT2D eigenvalue weighted by atomic mass is 19.4. The zero-order valence-electron chi connectivity index (χ0n) is 17.3. The number of ether oxygens (including phenoxy) is 1. The Bertz CT molecular complexity index is 1090. The molecule has 1 aliphatic rings. The molecule has 2 heterocycles. The lowest BCUT2D eigenvalue weighted by atomic mass is 10.0. The van der Waals surface area contributed by atoms with Crippen LogP contribution >= 0.6 is 0 Å². The number of rotatable bonds is 5. The Labute approximate surface area is 183 Å².